The van der Waals surface area contributed by atoms with E-state index in [9.17, 15) is 8.42 Å². The van der Waals surface area contributed by atoms with Crippen molar-refractivity contribution in [3.05, 3.63) is 0 Å². The molecule has 0 rings (SSSR count). The Balaban J connectivity index is 0. The van der Waals surface area contributed by atoms with E-state index in [0.29, 0.717) is 12.3 Å². The molecule has 2 N–H and O–H groups in total. The van der Waals surface area contributed by atoms with Crippen LogP contribution in [0.15, 0.2) is 0 Å². The second-order valence-corrected chi connectivity index (χ2v) is 4.99. The molecule has 0 aromatic carbocycles. The van der Waals surface area contributed by atoms with Gasteiger partial charge in [-0.25, -0.2) is 0 Å². The van der Waals surface area contributed by atoms with Crippen molar-refractivity contribution in [3.8, 4) is 0 Å². The third-order valence-corrected chi connectivity index (χ3v) is 2.94. The molecule has 8 heteroatoms. The molecular weight excluding hydrogens is 241 g/mol. The van der Waals surface area contributed by atoms with E-state index < -0.39 is 10.1 Å². The summed E-state index contributed by atoms with van der Waals surface area (Å²) in [6, 6.07) is 0. The van der Waals surface area contributed by atoms with Gasteiger partial charge >= 0.3 is 0 Å². The summed E-state index contributed by atoms with van der Waals surface area (Å²) in [5.41, 5.74) is 0. The van der Waals surface area contributed by atoms with Gasteiger partial charge in [-0.15, -0.1) is 0 Å². The van der Waals surface area contributed by atoms with Crippen LogP contribution in [0.4, 0.5) is 0 Å². The van der Waals surface area contributed by atoms with Crippen molar-refractivity contribution in [3.63, 3.8) is 0 Å². The first kappa shape index (κ1) is 17.0. The summed E-state index contributed by atoms with van der Waals surface area (Å²) in [5.74, 6) is 0.363. The normalized spacial score (nSPS) is 13.5. The van der Waals surface area contributed by atoms with Crippen LogP contribution in [0.5, 0.6) is 0 Å². The predicted octanol–water partition coefficient (Wildman–Crippen LogP) is -0.689. The number of nitrogens with one attached hydrogen (secondary N) is 1. The summed E-state index contributed by atoms with van der Waals surface area (Å²) in [4.78, 5) is 0. The van der Waals surface area contributed by atoms with Crippen LogP contribution in [-0.4, -0.2) is 72.4 Å². The minimum absolute atomic E-state index is 0. The van der Waals surface area contributed by atoms with Gasteiger partial charge in [0.25, 0.3) is 10.1 Å². The SMILES string of the molecule is O=S(=O)(O)CCNCC(S)CS.[Na]. The van der Waals surface area contributed by atoms with Crippen LogP contribution < -0.4 is 5.32 Å². The Morgan fingerprint density at radius 1 is 1.46 bits per heavy atom. The molecular formula is C5H13NNaO3S3. The topological polar surface area (TPSA) is 66.4 Å². The summed E-state index contributed by atoms with van der Waals surface area (Å²) < 4.78 is 28.8. The van der Waals surface area contributed by atoms with E-state index in [1.165, 1.54) is 0 Å². The fourth-order valence-corrected chi connectivity index (χ4v) is 1.19. The maximum atomic E-state index is 10.2. The van der Waals surface area contributed by atoms with Crippen LogP contribution in [-0.2, 0) is 10.1 Å². The van der Waals surface area contributed by atoms with E-state index in [2.05, 4.69) is 30.6 Å². The maximum absolute atomic E-state index is 10.2. The van der Waals surface area contributed by atoms with Gasteiger partial charge in [0.15, 0.2) is 0 Å². The Morgan fingerprint density at radius 3 is 2.38 bits per heavy atom. The zero-order valence-corrected chi connectivity index (χ0v) is 12.1. The van der Waals surface area contributed by atoms with Gasteiger partial charge in [-0.05, 0) is 0 Å². The smallest absolute Gasteiger partial charge is 0.266 e. The molecule has 13 heavy (non-hydrogen) atoms. The molecule has 0 aliphatic carbocycles. The number of hydrogen-bond donors (Lipinski definition) is 4. The average Bonchev–Trinajstić information content (AvgIpc) is 1.96. The fourth-order valence-electron chi connectivity index (χ4n) is 0.534. The molecule has 0 aliphatic rings. The molecule has 0 saturated heterocycles. The Labute approximate surface area is 112 Å². The van der Waals surface area contributed by atoms with E-state index >= 15 is 0 Å². The van der Waals surface area contributed by atoms with Gasteiger partial charge in [-0.3, -0.25) is 4.55 Å². The fraction of sp³-hybridized carbons (Fsp3) is 1.00. The second kappa shape index (κ2) is 8.84. The first-order valence-corrected chi connectivity index (χ1v) is 6.16. The summed E-state index contributed by atoms with van der Waals surface area (Å²) in [6.07, 6.45) is 0. The number of thiol groups is 2. The van der Waals surface area contributed by atoms with Crippen molar-refractivity contribution in [2.45, 2.75) is 5.25 Å². The maximum Gasteiger partial charge on any atom is 0.266 e. The molecule has 4 nitrogen and oxygen atoms in total. The van der Waals surface area contributed by atoms with Crippen molar-refractivity contribution in [1.29, 1.82) is 0 Å². The van der Waals surface area contributed by atoms with Crippen molar-refractivity contribution >= 4 is 64.9 Å². The molecule has 0 bridgehead atoms. The van der Waals surface area contributed by atoms with Crippen LogP contribution in [0.1, 0.15) is 0 Å². The van der Waals surface area contributed by atoms with E-state index in [1.54, 1.807) is 0 Å². The van der Waals surface area contributed by atoms with Crippen LogP contribution in [0, 0.1) is 0 Å². The number of hydrogen-bond acceptors (Lipinski definition) is 5. The Hall–Kier alpha value is 1.57. The van der Waals surface area contributed by atoms with Gasteiger partial charge in [-0.2, -0.15) is 33.7 Å². The first-order valence-electron chi connectivity index (χ1n) is 3.40. The monoisotopic (exact) mass is 254 g/mol. The molecule has 0 heterocycles. The Kier molecular flexibility index (Phi) is 11.6. The van der Waals surface area contributed by atoms with Crippen molar-refractivity contribution in [2.24, 2.45) is 0 Å². The van der Waals surface area contributed by atoms with Crippen molar-refractivity contribution in [2.75, 3.05) is 24.6 Å². The zero-order chi connectivity index (χ0) is 9.61. The van der Waals surface area contributed by atoms with E-state index in [-0.39, 0.29) is 47.1 Å². The quantitative estimate of drug-likeness (QED) is 0.219. The van der Waals surface area contributed by atoms with Gasteiger partial charge < -0.3 is 5.32 Å². The van der Waals surface area contributed by atoms with Crippen molar-refractivity contribution < 1.29 is 13.0 Å². The second-order valence-electron chi connectivity index (χ2n) is 2.33. The predicted molar refractivity (Wildman–Crippen MR) is 61.7 cm³/mol. The zero-order valence-electron chi connectivity index (χ0n) is 7.47. The molecule has 1 atom stereocenters. The molecule has 0 aliphatic heterocycles. The largest absolute Gasteiger partial charge is 0.315 e. The van der Waals surface area contributed by atoms with Crippen molar-refractivity contribution in [1.82, 2.24) is 5.32 Å². The van der Waals surface area contributed by atoms with E-state index in [1.807, 2.05) is 0 Å². The van der Waals surface area contributed by atoms with Gasteiger partial charge in [0.1, 0.15) is 0 Å². The summed E-state index contributed by atoms with van der Waals surface area (Å²) in [7, 11) is -3.84. The molecule has 1 radical (unpaired) electrons. The molecule has 75 valence electrons. The van der Waals surface area contributed by atoms with Gasteiger partial charge in [0.05, 0.1) is 5.75 Å². The summed E-state index contributed by atoms with van der Waals surface area (Å²) in [5, 5.41) is 2.93. The van der Waals surface area contributed by atoms with Gasteiger partial charge in [-0.1, -0.05) is 0 Å². The minimum Gasteiger partial charge on any atom is -0.315 e. The van der Waals surface area contributed by atoms with E-state index in [4.69, 9.17) is 4.55 Å². The summed E-state index contributed by atoms with van der Waals surface area (Å²) in [6.45, 7) is 0.825. The van der Waals surface area contributed by atoms with Crippen LogP contribution in [0.3, 0.4) is 0 Å². The summed E-state index contributed by atoms with van der Waals surface area (Å²) >= 11 is 8.12. The van der Waals surface area contributed by atoms with Crippen LogP contribution >= 0.6 is 25.3 Å². The molecule has 0 fully saturated rings. The molecule has 0 saturated carbocycles. The average molecular weight is 254 g/mol. The molecule has 0 aromatic rings. The van der Waals surface area contributed by atoms with Crippen LogP contribution in [0.25, 0.3) is 0 Å². The molecule has 1 unspecified atom stereocenters. The Bertz CT molecular complexity index is 209. The molecule has 0 aromatic heterocycles. The number of rotatable bonds is 6. The minimum atomic E-state index is -3.84. The molecule has 0 spiro atoms. The van der Waals surface area contributed by atoms with Gasteiger partial charge in [0, 0.05) is 53.6 Å². The van der Waals surface area contributed by atoms with E-state index in [0.717, 1.165) is 0 Å². The van der Waals surface area contributed by atoms with Crippen LogP contribution in [0.2, 0.25) is 0 Å². The standard InChI is InChI=1S/C5H13NO3S3.Na/c7-12(8,9)2-1-6-3-5(11)4-10;/h5-6,10-11H,1-4H2,(H,7,8,9);. The third kappa shape index (κ3) is 13.6. The van der Waals surface area contributed by atoms with Gasteiger partial charge in [0.2, 0.25) is 0 Å². The Morgan fingerprint density at radius 2 is 2.00 bits per heavy atom. The third-order valence-electron chi connectivity index (χ3n) is 1.13. The molecule has 0 amide bonds. The first-order chi connectivity index (χ1) is 5.45.